The van der Waals surface area contributed by atoms with E-state index in [9.17, 15) is 24.3 Å². The summed E-state index contributed by atoms with van der Waals surface area (Å²) in [5, 5.41) is 13.1. The van der Waals surface area contributed by atoms with Crippen molar-refractivity contribution in [3.8, 4) is 0 Å². The van der Waals surface area contributed by atoms with Gasteiger partial charge >= 0.3 is 6.09 Å². The maximum Gasteiger partial charge on any atom is 0.407 e. The van der Waals surface area contributed by atoms with Crippen LogP contribution in [0.25, 0.3) is 10.2 Å². The zero-order valence-electron chi connectivity index (χ0n) is 25.8. The number of aromatic nitrogens is 1. The van der Waals surface area contributed by atoms with Crippen LogP contribution in [-0.2, 0) is 22.6 Å². The molecule has 2 atom stereocenters. The van der Waals surface area contributed by atoms with Crippen LogP contribution in [0.3, 0.4) is 0 Å². The normalized spacial score (nSPS) is 15.3. The number of piperidine rings is 1. The van der Waals surface area contributed by atoms with E-state index >= 15 is 0 Å². The van der Waals surface area contributed by atoms with Crippen molar-refractivity contribution in [3.63, 3.8) is 0 Å². The molecule has 0 spiro atoms. The van der Waals surface area contributed by atoms with Gasteiger partial charge in [-0.15, -0.1) is 11.3 Å². The molecular weight excluding hydrogens is 600 g/mol. The van der Waals surface area contributed by atoms with Gasteiger partial charge in [0.05, 0.1) is 22.2 Å². The fraction of sp³-hybridized carbons (Fsp3) is 0.361. The van der Waals surface area contributed by atoms with Gasteiger partial charge in [-0.05, 0) is 61.8 Å². The molecule has 0 saturated carbocycles. The molecule has 0 radical (unpaired) electrons. The summed E-state index contributed by atoms with van der Waals surface area (Å²) in [6.07, 6.45) is 2.82. The Morgan fingerprint density at radius 3 is 2.35 bits per heavy atom. The van der Waals surface area contributed by atoms with Crippen molar-refractivity contribution >= 4 is 45.2 Å². The summed E-state index contributed by atoms with van der Waals surface area (Å²) in [6, 6.07) is 26.0. The van der Waals surface area contributed by atoms with E-state index in [1.54, 1.807) is 4.90 Å². The van der Waals surface area contributed by atoms with Crippen molar-refractivity contribution in [3.05, 3.63) is 101 Å². The molecule has 1 aliphatic heterocycles. The minimum atomic E-state index is -1.00. The number of nitrogens with one attached hydrogen (secondary N) is 1. The number of hydrogen-bond donors (Lipinski definition) is 2. The van der Waals surface area contributed by atoms with Gasteiger partial charge in [-0.25, -0.2) is 9.78 Å². The Morgan fingerprint density at radius 1 is 0.935 bits per heavy atom. The van der Waals surface area contributed by atoms with Gasteiger partial charge in [-0.2, -0.15) is 0 Å². The molecule has 1 fully saturated rings. The highest BCUT2D eigenvalue weighted by molar-refractivity contribution is 7.20. The summed E-state index contributed by atoms with van der Waals surface area (Å²) in [5.74, 6) is -0.868. The van der Waals surface area contributed by atoms with Crippen LogP contribution in [-0.4, -0.2) is 69.3 Å². The largest absolute Gasteiger partial charge is 0.465 e. The Bertz CT molecular complexity index is 1590. The number of carbonyl (C=O) groups excluding carboxylic acids is 3. The first-order valence-electron chi connectivity index (χ1n) is 15.9. The van der Waals surface area contributed by atoms with Crippen LogP contribution in [0.4, 0.5) is 4.79 Å². The fourth-order valence-corrected chi connectivity index (χ4v) is 6.81. The molecule has 240 valence electrons. The number of Topliss-reactive ketones (excluding diaryl/α,β-unsaturated/α-hetero) is 1. The van der Waals surface area contributed by atoms with Gasteiger partial charge in [0, 0.05) is 32.6 Å². The molecule has 2 N–H and O–H groups in total. The lowest BCUT2D eigenvalue weighted by Gasteiger charge is -2.33. The topological polar surface area (TPSA) is 120 Å². The number of ketones is 1. The number of likely N-dealkylation sites (tertiary alicyclic amines) is 1. The molecule has 1 saturated heterocycles. The van der Waals surface area contributed by atoms with E-state index in [1.165, 1.54) is 16.2 Å². The Balaban J connectivity index is 1.21. The van der Waals surface area contributed by atoms with E-state index in [0.29, 0.717) is 63.2 Å². The lowest BCUT2D eigenvalue weighted by Crippen LogP contribution is -2.49. The number of nitrogens with zero attached hydrogens (tertiary/aromatic N) is 3. The third kappa shape index (κ3) is 9.00. The van der Waals surface area contributed by atoms with Gasteiger partial charge in [0.2, 0.25) is 17.6 Å². The SMILES string of the molecule is O=C(N[C@@H](CCCCN(Cc1ccccc1)C(=O)O)C(=O)c1nc2ccccc2s1)[C@@H]1CCCN(C(=O)CCc2ccccc2)C1. The zero-order chi connectivity index (χ0) is 32.3. The van der Waals surface area contributed by atoms with Crippen LogP contribution in [0.1, 0.15) is 59.5 Å². The predicted octanol–water partition coefficient (Wildman–Crippen LogP) is 6.19. The quantitative estimate of drug-likeness (QED) is 0.125. The molecule has 3 aromatic carbocycles. The van der Waals surface area contributed by atoms with Crippen LogP contribution >= 0.6 is 11.3 Å². The predicted molar refractivity (Wildman–Crippen MR) is 179 cm³/mol. The van der Waals surface area contributed by atoms with Crippen LogP contribution in [0.5, 0.6) is 0 Å². The molecule has 2 heterocycles. The molecule has 46 heavy (non-hydrogen) atoms. The highest BCUT2D eigenvalue weighted by atomic mass is 32.1. The summed E-state index contributed by atoms with van der Waals surface area (Å²) >= 11 is 1.30. The van der Waals surface area contributed by atoms with Crippen molar-refractivity contribution in [2.75, 3.05) is 19.6 Å². The van der Waals surface area contributed by atoms with Gasteiger partial charge < -0.3 is 20.2 Å². The van der Waals surface area contributed by atoms with Crippen LogP contribution in [0.15, 0.2) is 84.9 Å². The van der Waals surface area contributed by atoms with Crippen LogP contribution < -0.4 is 5.32 Å². The molecule has 3 amide bonds. The van der Waals surface area contributed by atoms with Gasteiger partial charge in [0.15, 0.2) is 5.01 Å². The van der Waals surface area contributed by atoms with Crippen molar-refractivity contribution in [1.29, 1.82) is 0 Å². The van der Waals surface area contributed by atoms with Crippen molar-refractivity contribution in [2.45, 2.75) is 57.5 Å². The number of carboxylic acid groups (broad SMARTS) is 1. The van der Waals surface area contributed by atoms with Crippen LogP contribution in [0.2, 0.25) is 0 Å². The first-order valence-corrected chi connectivity index (χ1v) is 16.7. The molecule has 0 unspecified atom stereocenters. The van der Waals surface area contributed by atoms with E-state index in [1.807, 2.05) is 84.9 Å². The lowest BCUT2D eigenvalue weighted by atomic mass is 9.95. The molecule has 4 aromatic rings. The first-order chi connectivity index (χ1) is 22.4. The molecule has 1 aromatic heterocycles. The van der Waals surface area contributed by atoms with Gasteiger partial charge in [0.25, 0.3) is 0 Å². The second kappa shape index (κ2) is 16.1. The van der Waals surface area contributed by atoms with Crippen molar-refractivity contribution in [2.24, 2.45) is 5.92 Å². The molecular formula is C36H40N4O5S. The number of para-hydroxylation sites is 1. The summed E-state index contributed by atoms with van der Waals surface area (Å²) in [5.41, 5.74) is 2.74. The number of fused-ring (bicyclic) bond motifs is 1. The summed E-state index contributed by atoms with van der Waals surface area (Å²) in [6.45, 7) is 1.54. The molecule has 9 nitrogen and oxygen atoms in total. The Labute approximate surface area is 273 Å². The smallest absolute Gasteiger partial charge is 0.407 e. The summed E-state index contributed by atoms with van der Waals surface area (Å²) in [4.78, 5) is 60.0. The Kier molecular flexibility index (Phi) is 11.5. The first kappa shape index (κ1) is 32.8. The van der Waals surface area contributed by atoms with E-state index in [2.05, 4.69) is 10.3 Å². The Hall–Kier alpha value is -4.57. The monoisotopic (exact) mass is 640 g/mol. The van der Waals surface area contributed by atoms with Gasteiger partial charge in [-0.1, -0.05) is 72.8 Å². The number of unbranched alkanes of at least 4 members (excludes halogenated alkanes) is 1. The second-order valence-corrected chi connectivity index (χ2v) is 12.8. The summed E-state index contributed by atoms with van der Waals surface area (Å²) in [7, 11) is 0. The highest BCUT2D eigenvalue weighted by Gasteiger charge is 2.32. The number of aryl methyl sites for hydroxylation is 1. The maximum absolute atomic E-state index is 13.8. The van der Waals surface area contributed by atoms with Crippen molar-refractivity contribution in [1.82, 2.24) is 20.1 Å². The maximum atomic E-state index is 13.8. The average Bonchev–Trinajstić information content (AvgIpc) is 3.53. The second-order valence-electron chi connectivity index (χ2n) is 11.8. The Morgan fingerprint density at radius 2 is 1.63 bits per heavy atom. The van der Waals surface area contributed by atoms with E-state index in [-0.39, 0.29) is 24.1 Å². The number of rotatable bonds is 14. The molecule has 0 bridgehead atoms. The minimum Gasteiger partial charge on any atom is -0.465 e. The van der Waals surface area contributed by atoms with Crippen molar-refractivity contribution < 1.29 is 24.3 Å². The molecule has 1 aliphatic rings. The third-order valence-electron chi connectivity index (χ3n) is 8.41. The molecule has 5 rings (SSSR count). The fourth-order valence-electron chi connectivity index (χ4n) is 5.85. The lowest BCUT2D eigenvalue weighted by molar-refractivity contribution is -0.135. The third-order valence-corrected chi connectivity index (χ3v) is 9.46. The molecule has 0 aliphatic carbocycles. The minimum absolute atomic E-state index is 0.0296. The van der Waals surface area contributed by atoms with E-state index in [4.69, 9.17) is 0 Å². The average molecular weight is 641 g/mol. The summed E-state index contributed by atoms with van der Waals surface area (Å²) < 4.78 is 0.894. The number of hydrogen-bond acceptors (Lipinski definition) is 6. The standard InChI is InChI=1S/C36H40N4O5S/c41-32(21-20-26-12-3-1-4-13-26)39-23-11-16-28(25-39)34(43)37-30(33(42)35-38-29-17-7-8-19-31(29)46-35)18-9-10-22-40(36(44)45)24-27-14-5-2-6-15-27/h1-8,12-15,17,19,28,30H,9-11,16,18,20-25H2,(H,37,43)(H,44,45)/t28-,30+/m1/s1. The number of benzene rings is 3. The van der Waals surface area contributed by atoms with Gasteiger partial charge in [-0.3, -0.25) is 14.4 Å². The highest BCUT2D eigenvalue weighted by Crippen LogP contribution is 2.24. The number of amides is 3. The van der Waals surface area contributed by atoms with Gasteiger partial charge in [0.1, 0.15) is 0 Å². The number of thiazole rings is 1. The van der Waals surface area contributed by atoms with E-state index < -0.39 is 18.1 Å². The van der Waals surface area contributed by atoms with E-state index in [0.717, 1.165) is 27.8 Å². The number of carbonyl (C=O) groups is 4. The molecule has 10 heteroatoms. The zero-order valence-corrected chi connectivity index (χ0v) is 26.7. The van der Waals surface area contributed by atoms with Crippen LogP contribution in [0, 0.1) is 5.92 Å².